The molecule has 1 aliphatic rings. The number of aromatic nitrogens is 2. The van der Waals surface area contributed by atoms with Crippen LogP contribution < -0.4 is 10.6 Å². The molecule has 0 radical (unpaired) electrons. The van der Waals surface area contributed by atoms with Crippen LogP contribution in [0, 0.1) is 0 Å². The molecule has 0 bridgehead atoms. The quantitative estimate of drug-likeness (QED) is 0.742. The highest BCUT2D eigenvalue weighted by Gasteiger charge is 2.36. The van der Waals surface area contributed by atoms with Gasteiger partial charge in [0.1, 0.15) is 0 Å². The minimum atomic E-state index is -0.473. The van der Waals surface area contributed by atoms with E-state index in [2.05, 4.69) is 20.6 Å². The van der Waals surface area contributed by atoms with E-state index in [1.54, 1.807) is 18.5 Å². The lowest BCUT2D eigenvalue weighted by molar-refractivity contribution is -0.121. The molecule has 2 N–H and O–H groups in total. The zero-order valence-corrected chi connectivity index (χ0v) is 8.66. The van der Waals surface area contributed by atoms with Crippen LogP contribution in [0.3, 0.4) is 0 Å². The molecule has 1 unspecified atom stereocenters. The van der Waals surface area contributed by atoms with Crippen LogP contribution in [0.4, 0.5) is 5.95 Å². The Morgan fingerprint density at radius 2 is 2.27 bits per heavy atom. The third kappa shape index (κ3) is 2.12. The maximum atomic E-state index is 11.9. The fourth-order valence-corrected chi connectivity index (χ4v) is 1.69. The molecule has 0 aromatic carbocycles. The lowest BCUT2D eigenvalue weighted by Gasteiger charge is -2.22. The van der Waals surface area contributed by atoms with E-state index in [4.69, 9.17) is 0 Å². The van der Waals surface area contributed by atoms with Crippen LogP contribution in [-0.2, 0) is 4.79 Å². The number of amides is 1. The lowest BCUT2D eigenvalue weighted by atomic mass is 10.00. The van der Waals surface area contributed by atoms with Crippen LogP contribution in [0.2, 0.25) is 0 Å². The summed E-state index contributed by atoms with van der Waals surface area (Å²) in [4.78, 5) is 19.8. The highest BCUT2D eigenvalue weighted by atomic mass is 16.2. The van der Waals surface area contributed by atoms with Gasteiger partial charge in [-0.1, -0.05) is 0 Å². The average molecular weight is 206 g/mol. The minimum absolute atomic E-state index is 0.0637. The van der Waals surface area contributed by atoms with Gasteiger partial charge in [-0.05, 0) is 32.4 Å². The topological polar surface area (TPSA) is 66.9 Å². The maximum absolute atomic E-state index is 11.9. The summed E-state index contributed by atoms with van der Waals surface area (Å²) < 4.78 is 0. The fraction of sp³-hybridized carbons (Fsp3) is 0.500. The molecule has 1 aliphatic heterocycles. The molecule has 1 amide bonds. The van der Waals surface area contributed by atoms with E-state index in [1.165, 1.54) is 0 Å². The van der Waals surface area contributed by atoms with Gasteiger partial charge in [0, 0.05) is 12.4 Å². The normalized spacial score (nSPS) is 25.1. The molecule has 0 saturated carbocycles. The zero-order chi connectivity index (χ0) is 10.7. The first-order valence-corrected chi connectivity index (χ1v) is 5.04. The molecule has 1 aromatic rings. The lowest BCUT2D eigenvalue weighted by Crippen LogP contribution is -2.48. The summed E-state index contributed by atoms with van der Waals surface area (Å²) in [6, 6.07) is 1.71. The van der Waals surface area contributed by atoms with Gasteiger partial charge in [0.2, 0.25) is 11.9 Å². The summed E-state index contributed by atoms with van der Waals surface area (Å²) in [5.41, 5.74) is -0.473. The summed E-state index contributed by atoms with van der Waals surface area (Å²) in [7, 11) is 0. The smallest absolute Gasteiger partial charge is 0.246 e. The van der Waals surface area contributed by atoms with Crippen LogP contribution in [0.25, 0.3) is 0 Å². The van der Waals surface area contributed by atoms with Crippen molar-refractivity contribution in [1.29, 1.82) is 0 Å². The summed E-state index contributed by atoms with van der Waals surface area (Å²) >= 11 is 0. The summed E-state index contributed by atoms with van der Waals surface area (Å²) in [6.07, 6.45) is 5.09. The zero-order valence-electron chi connectivity index (χ0n) is 8.66. The molecule has 0 aliphatic carbocycles. The Morgan fingerprint density at radius 3 is 2.87 bits per heavy atom. The van der Waals surface area contributed by atoms with E-state index in [0.717, 1.165) is 19.4 Å². The van der Waals surface area contributed by atoms with Crippen molar-refractivity contribution in [2.75, 3.05) is 11.9 Å². The first-order chi connectivity index (χ1) is 7.21. The van der Waals surface area contributed by atoms with Gasteiger partial charge in [0.25, 0.3) is 0 Å². The number of hydrogen-bond acceptors (Lipinski definition) is 4. The van der Waals surface area contributed by atoms with Gasteiger partial charge < -0.3 is 5.32 Å². The van der Waals surface area contributed by atoms with Crippen molar-refractivity contribution in [2.45, 2.75) is 25.3 Å². The van der Waals surface area contributed by atoms with Gasteiger partial charge in [0.05, 0.1) is 5.54 Å². The molecule has 5 nitrogen and oxygen atoms in total. The number of nitrogens with one attached hydrogen (secondary N) is 2. The van der Waals surface area contributed by atoms with Crippen LogP contribution >= 0.6 is 0 Å². The number of hydrogen-bond donors (Lipinski definition) is 2. The Kier molecular flexibility index (Phi) is 2.64. The van der Waals surface area contributed by atoms with Crippen LogP contribution in [0.15, 0.2) is 18.5 Å². The summed E-state index contributed by atoms with van der Waals surface area (Å²) in [5.74, 6) is 0.295. The maximum Gasteiger partial charge on any atom is 0.246 e. The molecule has 1 saturated heterocycles. The van der Waals surface area contributed by atoms with Gasteiger partial charge in [-0.25, -0.2) is 9.97 Å². The van der Waals surface area contributed by atoms with Crippen molar-refractivity contribution in [3.05, 3.63) is 18.5 Å². The van der Waals surface area contributed by atoms with Gasteiger partial charge in [-0.2, -0.15) is 0 Å². The average Bonchev–Trinajstić information content (AvgIpc) is 2.68. The predicted molar refractivity (Wildman–Crippen MR) is 56.3 cm³/mol. The van der Waals surface area contributed by atoms with Crippen molar-refractivity contribution in [1.82, 2.24) is 15.3 Å². The molecular formula is C10H14N4O. The van der Waals surface area contributed by atoms with E-state index in [9.17, 15) is 4.79 Å². The van der Waals surface area contributed by atoms with Crippen LogP contribution in [0.5, 0.6) is 0 Å². The van der Waals surface area contributed by atoms with Crippen LogP contribution in [0.1, 0.15) is 19.8 Å². The Bertz CT molecular complexity index is 346. The van der Waals surface area contributed by atoms with Gasteiger partial charge >= 0.3 is 0 Å². The standard InChI is InChI=1S/C10H14N4O/c1-10(4-2-7-13-10)8(15)14-9-11-5-3-6-12-9/h3,5-6,13H,2,4,7H2,1H3,(H,11,12,14,15). The molecule has 2 rings (SSSR count). The second kappa shape index (κ2) is 3.94. The second-order valence-electron chi connectivity index (χ2n) is 3.89. The molecule has 1 fully saturated rings. The number of carbonyl (C=O) groups is 1. The molecule has 1 atom stereocenters. The molecular weight excluding hydrogens is 192 g/mol. The minimum Gasteiger partial charge on any atom is -0.304 e. The summed E-state index contributed by atoms with van der Waals surface area (Å²) in [6.45, 7) is 2.79. The van der Waals surface area contributed by atoms with Gasteiger partial charge in [-0.3, -0.25) is 10.1 Å². The molecule has 15 heavy (non-hydrogen) atoms. The Morgan fingerprint density at radius 1 is 1.53 bits per heavy atom. The second-order valence-corrected chi connectivity index (χ2v) is 3.89. The number of nitrogens with zero attached hydrogens (tertiary/aromatic N) is 2. The van der Waals surface area contributed by atoms with Crippen molar-refractivity contribution < 1.29 is 4.79 Å². The fourth-order valence-electron chi connectivity index (χ4n) is 1.69. The number of rotatable bonds is 2. The first kappa shape index (κ1) is 10.0. The van der Waals surface area contributed by atoms with E-state index < -0.39 is 5.54 Å². The van der Waals surface area contributed by atoms with Crippen LogP contribution in [-0.4, -0.2) is 28.0 Å². The third-order valence-corrected chi connectivity index (χ3v) is 2.66. The molecule has 2 heterocycles. The Hall–Kier alpha value is -1.49. The first-order valence-electron chi connectivity index (χ1n) is 5.04. The molecule has 80 valence electrons. The SMILES string of the molecule is CC1(C(=O)Nc2ncccn2)CCCN1. The van der Waals surface area contributed by atoms with E-state index in [1.807, 2.05) is 6.92 Å². The third-order valence-electron chi connectivity index (χ3n) is 2.66. The monoisotopic (exact) mass is 206 g/mol. The molecule has 5 heteroatoms. The Balaban J connectivity index is 2.04. The van der Waals surface area contributed by atoms with Gasteiger partial charge in [-0.15, -0.1) is 0 Å². The number of anilines is 1. The Labute approximate surface area is 88.3 Å². The highest BCUT2D eigenvalue weighted by Crippen LogP contribution is 2.19. The molecule has 1 aromatic heterocycles. The van der Waals surface area contributed by atoms with E-state index >= 15 is 0 Å². The number of carbonyl (C=O) groups excluding carboxylic acids is 1. The summed E-state index contributed by atoms with van der Waals surface area (Å²) in [5, 5.41) is 5.89. The highest BCUT2D eigenvalue weighted by molar-refractivity contribution is 5.96. The van der Waals surface area contributed by atoms with Crippen molar-refractivity contribution >= 4 is 11.9 Å². The van der Waals surface area contributed by atoms with Crippen molar-refractivity contribution in [3.63, 3.8) is 0 Å². The predicted octanol–water partition coefficient (Wildman–Crippen LogP) is 0.557. The van der Waals surface area contributed by atoms with E-state index in [0.29, 0.717) is 5.95 Å². The molecule has 0 spiro atoms. The van der Waals surface area contributed by atoms with Crippen molar-refractivity contribution in [3.8, 4) is 0 Å². The van der Waals surface area contributed by atoms with Crippen molar-refractivity contribution in [2.24, 2.45) is 0 Å². The largest absolute Gasteiger partial charge is 0.304 e. The van der Waals surface area contributed by atoms with Gasteiger partial charge in [0.15, 0.2) is 0 Å². The van der Waals surface area contributed by atoms with E-state index in [-0.39, 0.29) is 5.91 Å².